The van der Waals surface area contributed by atoms with Gasteiger partial charge in [0.1, 0.15) is 19.1 Å². The van der Waals surface area contributed by atoms with Gasteiger partial charge in [0.15, 0.2) is 11.2 Å². The Morgan fingerprint density at radius 1 is 1.52 bits per heavy atom. The number of nitrogens with zero attached hydrogens (tertiary/aromatic N) is 2. The number of rotatable bonds is 7. The van der Waals surface area contributed by atoms with E-state index in [1.165, 1.54) is 6.33 Å². The first-order chi connectivity index (χ1) is 9.89. The quantitative estimate of drug-likeness (QED) is 0.430. The number of aromatic amines is 2. The van der Waals surface area contributed by atoms with E-state index in [4.69, 9.17) is 14.5 Å². The fourth-order valence-corrected chi connectivity index (χ4v) is 1.90. The Balaban J connectivity index is 1.99. The van der Waals surface area contributed by atoms with Gasteiger partial charge < -0.3 is 24.8 Å². The first-order valence-corrected chi connectivity index (χ1v) is 7.58. The van der Waals surface area contributed by atoms with Gasteiger partial charge in [-0.2, -0.15) is 4.98 Å². The molecule has 0 aliphatic rings. The lowest BCUT2D eigenvalue weighted by Gasteiger charge is -2.15. The van der Waals surface area contributed by atoms with E-state index in [1.807, 2.05) is 0 Å². The molecule has 0 amide bonds. The Bertz CT molecular complexity index is 712. The summed E-state index contributed by atoms with van der Waals surface area (Å²) in [5.41, 5.74) is -0.0533. The molecule has 21 heavy (non-hydrogen) atoms. The second kappa shape index (κ2) is 6.31. The molecule has 1 atom stereocenters. The van der Waals surface area contributed by atoms with Crippen LogP contribution in [-0.4, -0.2) is 55.4 Å². The van der Waals surface area contributed by atoms with E-state index in [2.05, 4.69) is 25.3 Å². The molecule has 0 aromatic carbocycles. The van der Waals surface area contributed by atoms with E-state index < -0.39 is 32.3 Å². The van der Waals surface area contributed by atoms with Gasteiger partial charge in [0.05, 0.1) is 6.33 Å². The van der Waals surface area contributed by atoms with E-state index in [0.29, 0.717) is 0 Å². The van der Waals surface area contributed by atoms with Gasteiger partial charge >= 0.3 is 7.60 Å². The Hall–Kier alpha value is -1.81. The summed E-state index contributed by atoms with van der Waals surface area (Å²) < 4.78 is 28.1. The number of ether oxygens (including phenoxy) is 1. The van der Waals surface area contributed by atoms with Crippen LogP contribution in [0.3, 0.4) is 0 Å². The predicted molar refractivity (Wildman–Crippen MR) is 70.8 cm³/mol. The van der Waals surface area contributed by atoms with Crippen LogP contribution in [0.25, 0.3) is 11.2 Å². The zero-order valence-corrected chi connectivity index (χ0v) is 11.5. The van der Waals surface area contributed by atoms with Crippen molar-refractivity contribution in [1.29, 1.82) is 0 Å². The molecular weight excluding hydrogens is 308 g/mol. The van der Waals surface area contributed by atoms with Crippen molar-refractivity contribution in [2.45, 2.75) is 6.10 Å². The van der Waals surface area contributed by atoms with Crippen LogP contribution in [0, 0.1) is 0 Å². The minimum atomic E-state index is -4.36. The van der Waals surface area contributed by atoms with Crippen molar-refractivity contribution >= 4 is 24.7 Å². The van der Waals surface area contributed by atoms with Gasteiger partial charge in [0, 0.05) is 6.54 Å². The Kier molecular flexibility index (Phi) is 4.68. The van der Waals surface area contributed by atoms with Gasteiger partial charge in [-0.05, 0) is 0 Å². The summed E-state index contributed by atoms with van der Waals surface area (Å²) in [6.07, 6.45) is -0.659. The number of H-pyrrole nitrogens is 2. The first kappa shape index (κ1) is 15.6. The molecule has 2 aromatic heterocycles. The monoisotopic (exact) mass is 321 g/mol. The fraction of sp³-hybridized carbons (Fsp3) is 0.444. The van der Waals surface area contributed by atoms with Gasteiger partial charge in [-0.25, -0.2) is 9.37 Å². The predicted octanol–water partition coefficient (Wildman–Crippen LogP) is -0.452. The second-order valence-electron chi connectivity index (χ2n) is 4.13. The van der Waals surface area contributed by atoms with E-state index in [9.17, 15) is 13.8 Å². The van der Waals surface area contributed by atoms with E-state index in [-0.39, 0.29) is 23.7 Å². The van der Waals surface area contributed by atoms with Crippen molar-refractivity contribution < 1.29 is 23.5 Å². The molecular formula is C9H13FN5O5P. The molecule has 0 saturated heterocycles. The summed E-state index contributed by atoms with van der Waals surface area (Å²) in [6.45, 7) is -1.09. The van der Waals surface area contributed by atoms with Gasteiger partial charge in [0.25, 0.3) is 5.56 Å². The Morgan fingerprint density at radius 3 is 2.95 bits per heavy atom. The molecule has 2 aromatic rings. The van der Waals surface area contributed by atoms with E-state index in [0.717, 1.165) is 0 Å². The van der Waals surface area contributed by atoms with Crippen molar-refractivity contribution in [2.75, 3.05) is 24.9 Å². The molecule has 5 N–H and O–H groups in total. The topological polar surface area (TPSA) is 153 Å². The van der Waals surface area contributed by atoms with Gasteiger partial charge in [-0.15, -0.1) is 0 Å². The van der Waals surface area contributed by atoms with Gasteiger partial charge in [-0.1, -0.05) is 0 Å². The highest BCUT2D eigenvalue weighted by atomic mass is 31.2. The maximum absolute atomic E-state index is 12.7. The average molecular weight is 321 g/mol. The van der Waals surface area contributed by atoms with Gasteiger partial charge in [-0.3, -0.25) is 14.3 Å². The number of fused-ring (bicyclic) bond motifs is 1. The van der Waals surface area contributed by atoms with E-state index in [1.54, 1.807) is 0 Å². The highest BCUT2D eigenvalue weighted by molar-refractivity contribution is 7.51. The van der Waals surface area contributed by atoms with E-state index >= 15 is 0 Å². The lowest BCUT2D eigenvalue weighted by molar-refractivity contribution is 0.0647. The van der Waals surface area contributed by atoms with Crippen LogP contribution < -0.4 is 10.9 Å². The van der Waals surface area contributed by atoms with Crippen molar-refractivity contribution in [3.05, 3.63) is 16.7 Å². The van der Waals surface area contributed by atoms with Crippen LogP contribution in [0.15, 0.2) is 11.1 Å². The summed E-state index contributed by atoms with van der Waals surface area (Å²) in [5, 5.41) is 2.62. The van der Waals surface area contributed by atoms with Crippen LogP contribution in [-0.2, 0) is 9.30 Å². The third kappa shape index (κ3) is 4.33. The standard InChI is InChI=1S/C9H13FN5O5P/c10-1-5(20-4-21(17,18)19)2-11-9-14-7-6(8(16)15-9)12-3-13-7/h3,5H,1-2,4H2,(H2,17,18,19)(H3,11,12,13,14,15,16)/t5-/m1/s1. The number of nitrogens with one attached hydrogen (secondary N) is 3. The van der Waals surface area contributed by atoms with Crippen LogP contribution in [0.4, 0.5) is 10.3 Å². The first-order valence-electron chi connectivity index (χ1n) is 5.78. The number of alkyl halides is 1. The normalized spacial score (nSPS) is 13.5. The molecule has 10 nitrogen and oxygen atoms in total. The molecule has 116 valence electrons. The zero-order valence-electron chi connectivity index (χ0n) is 10.6. The maximum Gasteiger partial charge on any atom is 0.350 e. The molecule has 12 heteroatoms. The molecule has 0 unspecified atom stereocenters. The molecule has 2 heterocycles. The molecule has 0 spiro atoms. The van der Waals surface area contributed by atoms with Crippen LogP contribution >= 0.6 is 7.60 Å². The summed E-state index contributed by atoms with van der Waals surface area (Å²) >= 11 is 0. The van der Waals surface area contributed by atoms with Gasteiger partial charge in [0.2, 0.25) is 5.95 Å². The summed E-state index contributed by atoms with van der Waals surface area (Å²) in [6, 6.07) is 0. The molecule has 0 aliphatic carbocycles. The molecule has 2 rings (SSSR count). The Morgan fingerprint density at radius 2 is 2.29 bits per heavy atom. The minimum Gasteiger partial charge on any atom is -0.361 e. The molecule has 0 radical (unpaired) electrons. The second-order valence-corrected chi connectivity index (χ2v) is 5.72. The van der Waals surface area contributed by atoms with Crippen molar-refractivity contribution in [3.63, 3.8) is 0 Å². The molecule has 0 saturated carbocycles. The van der Waals surface area contributed by atoms with Crippen LogP contribution in [0.5, 0.6) is 0 Å². The number of anilines is 1. The maximum atomic E-state index is 12.7. The third-order valence-corrected chi connectivity index (χ3v) is 2.93. The van der Waals surface area contributed by atoms with Crippen LogP contribution in [0.1, 0.15) is 0 Å². The number of imidazole rings is 1. The zero-order chi connectivity index (χ0) is 15.5. The summed E-state index contributed by atoms with van der Waals surface area (Å²) in [7, 11) is -4.36. The fourth-order valence-electron chi connectivity index (χ4n) is 1.50. The lowest BCUT2D eigenvalue weighted by atomic mass is 10.4. The Labute approximate surface area is 116 Å². The highest BCUT2D eigenvalue weighted by Crippen LogP contribution is 2.34. The average Bonchev–Trinajstić information content (AvgIpc) is 2.86. The highest BCUT2D eigenvalue weighted by Gasteiger charge is 2.18. The van der Waals surface area contributed by atoms with Crippen LogP contribution in [0.2, 0.25) is 0 Å². The minimum absolute atomic E-state index is 0.0535. The SMILES string of the molecule is O=c1[nH]c(NC[C@@H](CF)OCP(=O)(O)O)nc2nc[nH]c12. The summed E-state index contributed by atoms with van der Waals surface area (Å²) in [5.74, 6) is 0.0535. The number of aromatic nitrogens is 4. The molecule has 0 aliphatic heterocycles. The molecule has 0 bridgehead atoms. The smallest absolute Gasteiger partial charge is 0.350 e. The summed E-state index contributed by atoms with van der Waals surface area (Å²) in [4.78, 5) is 41.7. The van der Waals surface area contributed by atoms with Crippen molar-refractivity contribution in [1.82, 2.24) is 19.9 Å². The largest absolute Gasteiger partial charge is 0.361 e. The number of hydrogen-bond acceptors (Lipinski definition) is 6. The van der Waals surface area contributed by atoms with Crippen molar-refractivity contribution in [3.8, 4) is 0 Å². The number of hydrogen-bond donors (Lipinski definition) is 5. The van der Waals surface area contributed by atoms with Crippen molar-refractivity contribution in [2.24, 2.45) is 0 Å². The third-order valence-electron chi connectivity index (χ3n) is 2.44. The number of halogens is 1. The molecule has 0 fully saturated rings. The lowest BCUT2D eigenvalue weighted by Crippen LogP contribution is -2.27.